The van der Waals surface area contributed by atoms with Gasteiger partial charge in [-0.2, -0.15) is 0 Å². The van der Waals surface area contributed by atoms with Crippen molar-refractivity contribution in [2.45, 2.75) is 13.1 Å². The van der Waals surface area contributed by atoms with E-state index >= 15 is 0 Å². The van der Waals surface area contributed by atoms with Crippen LogP contribution in [-0.2, 0) is 22.7 Å². The van der Waals surface area contributed by atoms with Crippen molar-refractivity contribution in [2.24, 2.45) is 0 Å². The molecule has 0 bridgehead atoms. The van der Waals surface area contributed by atoms with Gasteiger partial charge in [0.15, 0.2) is 11.5 Å². The van der Waals surface area contributed by atoms with Gasteiger partial charge in [-0.1, -0.05) is 36.4 Å². The molecule has 4 rings (SSSR count). The molecule has 0 unspecified atom stereocenters. The molecule has 0 aromatic heterocycles. The van der Waals surface area contributed by atoms with Crippen LogP contribution >= 0.6 is 0 Å². The number of hydrogen-bond donors (Lipinski definition) is 3. The lowest BCUT2D eigenvalue weighted by Crippen LogP contribution is -2.51. The fraction of sp³-hybridized carbons (Fsp3) is 0.318. The molecular weight excluding hydrogens is 418 g/mol. The number of urea groups is 1. The van der Waals surface area contributed by atoms with Gasteiger partial charge in [0.25, 0.3) is 0 Å². The quantitative estimate of drug-likeness (QED) is 0.608. The molecule has 0 aliphatic carbocycles. The minimum Gasteiger partial charge on any atom is -0.473 e. The van der Waals surface area contributed by atoms with Crippen LogP contribution in [0.15, 0.2) is 48.5 Å². The van der Waals surface area contributed by atoms with E-state index in [0.29, 0.717) is 13.3 Å². The summed E-state index contributed by atoms with van der Waals surface area (Å²) in [5.41, 5.74) is 2.32. The Kier molecular flexibility index (Phi) is 7.87. The first-order valence-corrected chi connectivity index (χ1v) is 10.1. The van der Waals surface area contributed by atoms with Crippen LogP contribution in [0.2, 0.25) is 0 Å². The number of ether oxygens (including phenoxy) is 2. The van der Waals surface area contributed by atoms with Crippen LogP contribution in [0.3, 0.4) is 0 Å². The molecule has 1 saturated heterocycles. The molecule has 0 radical (unpaired) electrons. The largest absolute Gasteiger partial charge is 0.473 e. The number of carboxylic acid groups (broad SMARTS) is 2. The third kappa shape index (κ3) is 6.61. The summed E-state index contributed by atoms with van der Waals surface area (Å²) in [4.78, 5) is 34.8. The maximum atomic E-state index is 12.3. The number of carbonyl (C=O) groups excluding carboxylic acids is 1. The molecule has 2 aromatic carbocycles. The van der Waals surface area contributed by atoms with Gasteiger partial charge in [0, 0.05) is 39.3 Å². The fourth-order valence-corrected chi connectivity index (χ4v) is 3.29. The molecule has 10 nitrogen and oxygen atoms in total. The molecule has 1 fully saturated rings. The highest BCUT2D eigenvalue weighted by Gasteiger charge is 2.21. The Hall–Kier alpha value is -3.79. The fourth-order valence-electron chi connectivity index (χ4n) is 3.29. The second-order valence-electron chi connectivity index (χ2n) is 7.21. The number of fused-ring (bicyclic) bond motifs is 1. The molecule has 2 aliphatic rings. The number of carboxylic acids is 2. The lowest BCUT2D eigenvalue weighted by molar-refractivity contribution is -0.159. The molecule has 2 aromatic rings. The first-order valence-electron chi connectivity index (χ1n) is 10.1. The summed E-state index contributed by atoms with van der Waals surface area (Å²) in [6.07, 6.45) is 0. The van der Waals surface area contributed by atoms with E-state index in [9.17, 15) is 4.79 Å². The second-order valence-corrected chi connectivity index (χ2v) is 7.21. The van der Waals surface area contributed by atoms with E-state index in [1.165, 1.54) is 5.56 Å². The Morgan fingerprint density at radius 2 is 1.50 bits per heavy atom. The Morgan fingerprint density at radius 3 is 2.16 bits per heavy atom. The van der Waals surface area contributed by atoms with Crippen molar-refractivity contribution in [1.82, 2.24) is 15.1 Å². The van der Waals surface area contributed by atoms with E-state index in [1.807, 2.05) is 47.4 Å². The normalized spacial score (nSPS) is 14.8. The topological polar surface area (TPSA) is 129 Å². The van der Waals surface area contributed by atoms with Crippen molar-refractivity contribution in [3.63, 3.8) is 0 Å². The maximum absolute atomic E-state index is 12.3. The van der Waals surface area contributed by atoms with E-state index < -0.39 is 11.9 Å². The zero-order valence-electron chi connectivity index (χ0n) is 17.4. The molecule has 0 spiro atoms. The number of piperazine rings is 1. The van der Waals surface area contributed by atoms with Crippen LogP contribution in [0.5, 0.6) is 11.5 Å². The highest BCUT2D eigenvalue weighted by molar-refractivity contribution is 6.27. The van der Waals surface area contributed by atoms with Gasteiger partial charge in [-0.3, -0.25) is 4.90 Å². The highest BCUT2D eigenvalue weighted by Crippen LogP contribution is 2.32. The number of benzene rings is 2. The molecule has 32 heavy (non-hydrogen) atoms. The van der Waals surface area contributed by atoms with Gasteiger partial charge >= 0.3 is 18.0 Å². The summed E-state index contributed by atoms with van der Waals surface area (Å²) < 4.78 is 10.8. The second kappa shape index (κ2) is 11.0. The van der Waals surface area contributed by atoms with Crippen LogP contribution in [0.1, 0.15) is 11.1 Å². The van der Waals surface area contributed by atoms with Gasteiger partial charge in [0.2, 0.25) is 6.79 Å². The highest BCUT2D eigenvalue weighted by atomic mass is 16.7. The Morgan fingerprint density at radius 1 is 0.844 bits per heavy atom. The number of nitrogens with one attached hydrogen (secondary N) is 1. The molecule has 3 N–H and O–H groups in total. The van der Waals surface area contributed by atoms with Crippen molar-refractivity contribution in [1.29, 1.82) is 0 Å². The predicted molar refractivity (Wildman–Crippen MR) is 113 cm³/mol. The number of nitrogens with zero attached hydrogens (tertiary/aromatic N) is 2. The Labute approximate surface area is 185 Å². The van der Waals surface area contributed by atoms with Crippen LogP contribution in [0, 0.1) is 0 Å². The summed E-state index contributed by atoms with van der Waals surface area (Å²) in [5.74, 6) is -2.01. The smallest absolute Gasteiger partial charge is 0.414 e. The molecule has 2 amide bonds. The summed E-state index contributed by atoms with van der Waals surface area (Å²) in [6.45, 7) is 4.94. The minimum atomic E-state index is -1.82. The zero-order chi connectivity index (χ0) is 22.9. The Balaban J connectivity index is 0.000000427. The maximum Gasteiger partial charge on any atom is 0.414 e. The van der Waals surface area contributed by atoms with E-state index in [4.69, 9.17) is 29.3 Å². The first-order chi connectivity index (χ1) is 15.4. The van der Waals surface area contributed by atoms with Gasteiger partial charge < -0.3 is 29.9 Å². The lowest BCUT2D eigenvalue weighted by atomic mass is 10.1. The molecule has 10 heteroatoms. The van der Waals surface area contributed by atoms with Gasteiger partial charge in [0.1, 0.15) is 0 Å². The lowest BCUT2D eigenvalue weighted by Gasteiger charge is -2.34. The van der Waals surface area contributed by atoms with E-state index in [2.05, 4.69) is 16.3 Å². The number of carbonyl (C=O) groups is 3. The number of aliphatic carboxylic acids is 2. The van der Waals surface area contributed by atoms with Gasteiger partial charge in [-0.05, 0) is 23.3 Å². The summed E-state index contributed by atoms with van der Waals surface area (Å²) in [5, 5.41) is 17.8. The summed E-state index contributed by atoms with van der Waals surface area (Å²) in [6, 6.07) is 16.1. The molecular formula is C22H25N3O7. The van der Waals surface area contributed by atoms with Crippen LogP contribution in [0.25, 0.3) is 0 Å². The van der Waals surface area contributed by atoms with Gasteiger partial charge in [-0.15, -0.1) is 0 Å². The zero-order valence-corrected chi connectivity index (χ0v) is 17.4. The number of rotatable bonds is 4. The van der Waals surface area contributed by atoms with E-state index in [-0.39, 0.29) is 6.03 Å². The van der Waals surface area contributed by atoms with Gasteiger partial charge in [-0.25, -0.2) is 14.4 Å². The summed E-state index contributed by atoms with van der Waals surface area (Å²) in [7, 11) is 0. The van der Waals surface area contributed by atoms with E-state index in [1.54, 1.807) is 0 Å². The third-order valence-electron chi connectivity index (χ3n) is 4.97. The molecule has 2 heterocycles. The summed E-state index contributed by atoms with van der Waals surface area (Å²) >= 11 is 0. The Bertz CT molecular complexity index is 932. The van der Waals surface area contributed by atoms with Gasteiger partial charge in [0.05, 0.1) is 0 Å². The molecule has 0 saturated carbocycles. The third-order valence-corrected chi connectivity index (χ3v) is 4.97. The SMILES string of the molecule is O=C(NCc1ccccc1)N1CCN(Cc2ccc3c(c2)OCO3)CC1.O=C(O)C(=O)O. The van der Waals surface area contributed by atoms with Crippen LogP contribution < -0.4 is 14.8 Å². The number of amides is 2. The first kappa shape index (κ1) is 22.9. The predicted octanol–water partition coefficient (Wildman–Crippen LogP) is 1.60. The standard InChI is InChI=1S/C20H23N3O3.C2H2O4/c24-20(21-13-16-4-2-1-3-5-16)23-10-8-22(9-11-23)14-17-6-7-18-19(12-17)26-15-25-18;3-1(4)2(5)6/h1-7,12H,8-11,13-15H2,(H,21,24);(H,3,4)(H,5,6). The monoisotopic (exact) mass is 443 g/mol. The minimum absolute atomic E-state index is 0.0107. The molecule has 0 atom stereocenters. The van der Waals surface area contributed by atoms with Crippen LogP contribution in [0.4, 0.5) is 4.79 Å². The van der Waals surface area contributed by atoms with Crippen LogP contribution in [-0.4, -0.2) is 71.0 Å². The molecule has 170 valence electrons. The van der Waals surface area contributed by atoms with Crippen molar-refractivity contribution >= 4 is 18.0 Å². The average molecular weight is 443 g/mol. The van der Waals surface area contributed by atoms with Crippen molar-refractivity contribution in [3.05, 3.63) is 59.7 Å². The van der Waals surface area contributed by atoms with Crippen molar-refractivity contribution in [3.8, 4) is 11.5 Å². The molecule has 2 aliphatic heterocycles. The average Bonchev–Trinajstić information content (AvgIpc) is 3.27. The number of hydrogen-bond acceptors (Lipinski definition) is 6. The van der Waals surface area contributed by atoms with E-state index in [0.717, 1.165) is 49.8 Å². The van der Waals surface area contributed by atoms with Crippen molar-refractivity contribution in [2.75, 3.05) is 33.0 Å². The van der Waals surface area contributed by atoms with Crippen molar-refractivity contribution < 1.29 is 34.1 Å².